The van der Waals surface area contributed by atoms with Crippen LogP contribution in [0.4, 0.5) is 0 Å². The molecule has 5 rings (SSSR count). The van der Waals surface area contributed by atoms with Crippen LogP contribution >= 0.6 is 0 Å². The summed E-state index contributed by atoms with van der Waals surface area (Å²) in [6, 6.07) is 26.6. The molecule has 1 aliphatic heterocycles. The summed E-state index contributed by atoms with van der Waals surface area (Å²) in [5.41, 5.74) is 5.63. The second-order valence-corrected chi connectivity index (χ2v) is 7.46. The van der Waals surface area contributed by atoms with Crippen LogP contribution in [0.5, 0.6) is 0 Å². The number of aryl methyl sites for hydroxylation is 1. The SMILES string of the molecule is Cc1ccc2c3c(c(=O)oc2c1)C(c1ccccc1)NC(c1ccccc1)C3. The van der Waals surface area contributed by atoms with Gasteiger partial charge in [-0.15, -0.1) is 0 Å². The van der Waals surface area contributed by atoms with Crippen molar-refractivity contribution in [3.63, 3.8) is 0 Å². The van der Waals surface area contributed by atoms with Gasteiger partial charge in [-0.1, -0.05) is 72.8 Å². The Balaban J connectivity index is 1.76. The van der Waals surface area contributed by atoms with Crippen molar-refractivity contribution >= 4 is 11.0 Å². The van der Waals surface area contributed by atoms with E-state index in [1.54, 1.807) is 0 Å². The molecule has 3 nitrogen and oxygen atoms in total. The standard InChI is InChI=1S/C25H21NO2/c1-16-12-13-19-20-15-21(17-8-4-2-5-9-17)26-24(18-10-6-3-7-11-18)23(20)25(27)28-22(19)14-16/h2-14,21,24,26H,15H2,1H3. The predicted molar refractivity (Wildman–Crippen MR) is 112 cm³/mol. The monoisotopic (exact) mass is 367 g/mol. The topological polar surface area (TPSA) is 42.2 Å². The lowest BCUT2D eigenvalue weighted by molar-refractivity contribution is 0.430. The molecule has 1 aromatic heterocycles. The van der Waals surface area contributed by atoms with Gasteiger partial charge in [-0.2, -0.15) is 0 Å². The van der Waals surface area contributed by atoms with Crippen LogP contribution in [0.3, 0.4) is 0 Å². The number of rotatable bonds is 2. The average Bonchev–Trinajstić information content (AvgIpc) is 2.74. The number of benzene rings is 3. The van der Waals surface area contributed by atoms with Crippen molar-refractivity contribution in [2.45, 2.75) is 25.4 Å². The third-order valence-electron chi connectivity index (χ3n) is 5.61. The molecule has 3 heteroatoms. The number of hydrogen-bond donors (Lipinski definition) is 1. The summed E-state index contributed by atoms with van der Waals surface area (Å²) in [6.45, 7) is 2.01. The molecule has 0 saturated heterocycles. The van der Waals surface area contributed by atoms with Crippen LogP contribution in [0, 0.1) is 6.92 Å². The largest absolute Gasteiger partial charge is 0.422 e. The molecule has 1 N–H and O–H groups in total. The zero-order chi connectivity index (χ0) is 19.1. The zero-order valence-corrected chi connectivity index (χ0v) is 15.7. The molecule has 2 unspecified atom stereocenters. The molecular formula is C25H21NO2. The summed E-state index contributed by atoms with van der Waals surface area (Å²) in [5.74, 6) is 0. The molecule has 2 atom stereocenters. The van der Waals surface area contributed by atoms with Gasteiger partial charge in [-0.25, -0.2) is 4.79 Å². The maximum Gasteiger partial charge on any atom is 0.341 e. The fourth-order valence-electron chi connectivity index (χ4n) is 4.25. The second kappa shape index (κ2) is 6.77. The first kappa shape index (κ1) is 17.0. The normalized spacial score (nSPS) is 18.8. The third-order valence-corrected chi connectivity index (χ3v) is 5.61. The smallest absolute Gasteiger partial charge is 0.341 e. The molecule has 1 aliphatic rings. The molecule has 0 aliphatic carbocycles. The first-order valence-corrected chi connectivity index (χ1v) is 9.63. The highest BCUT2D eigenvalue weighted by atomic mass is 16.4. The number of hydrogen-bond acceptors (Lipinski definition) is 3. The highest BCUT2D eigenvalue weighted by Crippen LogP contribution is 2.37. The molecule has 0 bridgehead atoms. The van der Waals surface area contributed by atoms with Crippen molar-refractivity contribution < 1.29 is 4.42 Å². The van der Waals surface area contributed by atoms with Crippen molar-refractivity contribution in [3.8, 4) is 0 Å². The first-order valence-electron chi connectivity index (χ1n) is 9.63. The van der Waals surface area contributed by atoms with E-state index in [1.165, 1.54) is 5.56 Å². The van der Waals surface area contributed by atoms with E-state index in [0.29, 0.717) is 5.58 Å². The van der Waals surface area contributed by atoms with Crippen LogP contribution in [0.15, 0.2) is 88.1 Å². The van der Waals surface area contributed by atoms with E-state index in [0.717, 1.165) is 34.1 Å². The van der Waals surface area contributed by atoms with E-state index in [1.807, 2.05) is 37.3 Å². The molecule has 0 fully saturated rings. The summed E-state index contributed by atoms with van der Waals surface area (Å²) < 4.78 is 5.74. The summed E-state index contributed by atoms with van der Waals surface area (Å²) in [6.07, 6.45) is 0.758. The van der Waals surface area contributed by atoms with Crippen molar-refractivity contribution in [3.05, 3.63) is 117 Å². The Morgan fingerprint density at radius 3 is 2.29 bits per heavy atom. The molecule has 0 amide bonds. The van der Waals surface area contributed by atoms with Gasteiger partial charge in [0.05, 0.1) is 11.6 Å². The Bertz CT molecular complexity index is 1200. The molecule has 0 radical (unpaired) electrons. The van der Waals surface area contributed by atoms with Gasteiger partial charge >= 0.3 is 5.63 Å². The van der Waals surface area contributed by atoms with Gasteiger partial charge in [0.25, 0.3) is 0 Å². The van der Waals surface area contributed by atoms with Crippen molar-refractivity contribution in [2.75, 3.05) is 0 Å². The van der Waals surface area contributed by atoms with E-state index in [4.69, 9.17) is 4.42 Å². The molecule has 2 heterocycles. The summed E-state index contributed by atoms with van der Waals surface area (Å²) in [7, 11) is 0. The number of fused-ring (bicyclic) bond motifs is 3. The van der Waals surface area contributed by atoms with Crippen LogP contribution in [0.2, 0.25) is 0 Å². The lowest BCUT2D eigenvalue weighted by Gasteiger charge is -2.33. The molecule has 0 spiro atoms. The molecule has 28 heavy (non-hydrogen) atoms. The van der Waals surface area contributed by atoms with Gasteiger partial charge in [0.15, 0.2) is 0 Å². The van der Waals surface area contributed by atoms with Crippen LogP contribution < -0.4 is 10.9 Å². The molecule has 0 saturated carbocycles. The Labute approximate surface area is 163 Å². The minimum atomic E-state index is -0.249. The van der Waals surface area contributed by atoms with Crippen LogP contribution in [0.1, 0.15) is 39.9 Å². The first-order chi connectivity index (χ1) is 13.7. The van der Waals surface area contributed by atoms with Crippen LogP contribution in [0.25, 0.3) is 11.0 Å². The molecule has 4 aromatic rings. The lowest BCUT2D eigenvalue weighted by atomic mass is 9.84. The highest BCUT2D eigenvalue weighted by Gasteiger charge is 2.32. The van der Waals surface area contributed by atoms with Crippen molar-refractivity contribution in [1.29, 1.82) is 0 Å². The van der Waals surface area contributed by atoms with E-state index in [-0.39, 0.29) is 17.7 Å². The minimum absolute atomic E-state index is 0.130. The van der Waals surface area contributed by atoms with Crippen LogP contribution in [-0.2, 0) is 6.42 Å². The van der Waals surface area contributed by atoms with E-state index in [2.05, 4.69) is 53.8 Å². The van der Waals surface area contributed by atoms with Crippen molar-refractivity contribution in [2.24, 2.45) is 0 Å². The van der Waals surface area contributed by atoms with E-state index in [9.17, 15) is 4.79 Å². The summed E-state index contributed by atoms with van der Waals surface area (Å²) in [4.78, 5) is 13.0. The summed E-state index contributed by atoms with van der Waals surface area (Å²) >= 11 is 0. The van der Waals surface area contributed by atoms with Crippen molar-refractivity contribution in [1.82, 2.24) is 5.32 Å². The fourth-order valence-corrected chi connectivity index (χ4v) is 4.25. The summed E-state index contributed by atoms with van der Waals surface area (Å²) in [5, 5.41) is 4.73. The Kier molecular flexibility index (Phi) is 4.10. The van der Waals surface area contributed by atoms with Gasteiger partial charge in [0.2, 0.25) is 0 Å². The van der Waals surface area contributed by atoms with Gasteiger partial charge in [-0.3, -0.25) is 5.32 Å². The van der Waals surface area contributed by atoms with E-state index >= 15 is 0 Å². The number of nitrogens with one attached hydrogen (secondary N) is 1. The average molecular weight is 367 g/mol. The van der Waals surface area contributed by atoms with Gasteiger partial charge < -0.3 is 4.42 Å². The quantitative estimate of drug-likeness (QED) is 0.503. The van der Waals surface area contributed by atoms with Gasteiger partial charge in [0, 0.05) is 11.4 Å². The van der Waals surface area contributed by atoms with Crippen LogP contribution in [-0.4, -0.2) is 0 Å². The predicted octanol–water partition coefficient (Wildman–Crippen LogP) is 5.08. The molecular weight excluding hydrogens is 346 g/mol. The third kappa shape index (κ3) is 2.85. The maximum absolute atomic E-state index is 13.0. The Hall–Kier alpha value is -3.17. The highest BCUT2D eigenvalue weighted by molar-refractivity contribution is 5.82. The second-order valence-electron chi connectivity index (χ2n) is 7.46. The van der Waals surface area contributed by atoms with Gasteiger partial charge in [0.1, 0.15) is 5.58 Å². The lowest BCUT2D eigenvalue weighted by Crippen LogP contribution is -2.37. The molecule has 138 valence electrons. The van der Waals surface area contributed by atoms with Gasteiger partial charge in [-0.05, 0) is 41.7 Å². The molecule has 3 aromatic carbocycles. The maximum atomic E-state index is 13.0. The Morgan fingerprint density at radius 2 is 1.57 bits per heavy atom. The minimum Gasteiger partial charge on any atom is -0.422 e. The van der Waals surface area contributed by atoms with E-state index < -0.39 is 0 Å². The fraction of sp³-hybridized carbons (Fsp3) is 0.160. The Morgan fingerprint density at radius 1 is 0.893 bits per heavy atom. The zero-order valence-electron chi connectivity index (χ0n) is 15.7.